The van der Waals surface area contributed by atoms with Gasteiger partial charge < -0.3 is 9.42 Å². The standard InChI is InChI=1S/C16H19N5O2S/c1-9(2)13-18-14(23-19-13)11-5-4-6-20(11)15(22)12-8-24-16-17-10(3)7-21(12)16/h7-9,11H,4-6H2,1-3H3/t11-/m0/s1. The molecule has 1 atom stereocenters. The summed E-state index contributed by atoms with van der Waals surface area (Å²) in [6.07, 6.45) is 3.68. The lowest BCUT2D eigenvalue weighted by Crippen LogP contribution is -2.31. The van der Waals surface area contributed by atoms with Crippen LogP contribution < -0.4 is 0 Å². The van der Waals surface area contributed by atoms with E-state index in [0.717, 1.165) is 23.5 Å². The van der Waals surface area contributed by atoms with Crippen LogP contribution in [0.4, 0.5) is 0 Å². The predicted molar refractivity (Wildman–Crippen MR) is 89.2 cm³/mol. The fourth-order valence-corrected chi connectivity index (χ4v) is 3.97. The molecule has 3 aromatic rings. The van der Waals surface area contributed by atoms with Gasteiger partial charge in [0.05, 0.1) is 5.69 Å². The molecule has 4 rings (SSSR count). The monoisotopic (exact) mass is 345 g/mol. The highest BCUT2D eigenvalue weighted by molar-refractivity contribution is 7.15. The Hall–Kier alpha value is -2.22. The Morgan fingerprint density at radius 3 is 3.00 bits per heavy atom. The van der Waals surface area contributed by atoms with Gasteiger partial charge in [0.15, 0.2) is 10.8 Å². The van der Waals surface area contributed by atoms with Crippen LogP contribution in [0.5, 0.6) is 0 Å². The highest BCUT2D eigenvalue weighted by atomic mass is 32.1. The number of likely N-dealkylation sites (tertiary alicyclic amines) is 1. The van der Waals surface area contributed by atoms with Crippen LogP contribution >= 0.6 is 11.3 Å². The van der Waals surface area contributed by atoms with Crippen LogP contribution in [0.3, 0.4) is 0 Å². The van der Waals surface area contributed by atoms with Gasteiger partial charge in [-0.25, -0.2) is 4.98 Å². The first-order valence-electron chi connectivity index (χ1n) is 8.12. The Kier molecular flexibility index (Phi) is 3.64. The van der Waals surface area contributed by atoms with Crippen molar-refractivity contribution in [2.24, 2.45) is 0 Å². The molecule has 1 saturated heterocycles. The zero-order valence-electron chi connectivity index (χ0n) is 13.9. The van der Waals surface area contributed by atoms with Crippen LogP contribution in [0.15, 0.2) is 16.1 Å². The summed E-state index contributed by atoms with van der Waals surface area (Å²) in [6.45, 7) is 6.68. The summed E-state index contributed by atoms with van der Waals surface area (Å²) < 4.78 is 7.29. The van der Waals surface area contributed by atoms with E-state index in [4.69, 9.17) is 4.52 Å². The fourth-order valence-electron chi connectivity index (χ4n) is 3.08. The Labute approximate surface area is 143 Å². The van der Waals surface area contributed by atoms with Gasteiger partial charge in [0, 0.05) is 24.0 Å². The maximum Gasteiger partial charge on any atom is 0.272 e. The zero-order chi connectivity index (χ0) is 16.8. The molecule has 1 aliphatic heterocycles. The maximum absolute atomic E-state index is 13.0. The molecule has 0 unspecified atom stereocenters. The molecule has 1 fully saturated rings. The van der Waals surface area contributed by atoms with Crippen LogP contribution in [0.25, 0.3) is 4.96 Å². The van der Waals surface area contributed by atoms with Gasteiger partial charge in [-0.05, 0) is 19.8 Å². The Bertz CT molecular complexity index is 893. The van der Waals surface area contributed by atoms with Gasteiger partial charge in [0.1, 0.15) is 11.7 Å². The minimum Gasteiger partial charge on any atom is -0.337 e. The minimum absolute atomic E-state index is 0.00885. The van der Waals surface area contributed by atoms with E-state index in [2.05, 4.69) is 15.1 Å². The van der Waals surface area contributed by atoms with Gasteiger partial charge in [-0.3, -0.25) is 9.20 Å². The fraction of sp³-hybridized carbons (Fsp3) is 0.500. The van der Waals surface area contributed by atoms with E-state index in [1.807, 2.05) is 41.6 Å². The number of nitrogens with zero attached hydrogens (tertiary/aromatic N) is 5. The number of carbonyl (C=O) groups is 1. The number of imidazole rings is 1. The Morgan fingerprint density at radius 1 is 1.42 bits per heavy atom. The first-order valence-corrected chi connectivity index (χ1v) is 9.00. The van der Waals surface area contributed by atoms with E-state index in [0.29, 0.717) is 24.0 Å². The van der Waals surface area contributed by atoms with Gasteiger partial charge in [-0.2, -0.15) is 4.98 Å². The number of rotatable bonds is 3. The summed E-state index contributed by atoms with van der Waals surface area (Å²) in [5.74, 6) is 1.43. The highest BCUT2D eigenvalue weighted by Crippen LogP contribution is 2.33. The molecule has 126 valence electrons. The van der Waals surface area contributed by atoms with E-state index >= 15 is 0 Å². The van der Waals surface area contributed by atoms with Crippen molar-refractivity contribution in [2.75, 3.05) is 6.54 Å². The number of aryl methyl sites for hydroxylation is 1. The number of aromatic nitrogens is 4. The number of amides is 1. The quantitative estimate of drug-likeness (QED) is 0.728. The van der Waals surface area contributed by atoms with Crippen LogP contribution in [0.1, 0.15) is 66.5 Å². The zero-order valence-corrected chi connectivity index (χ0v) is 14.7. The van der Waals surface area contributed by atoms with E-state index in [9.17, 15) is 4.79 Å². The predicted octanol–water partition coefficient (Wildman–Crippen LogP) is 3.19. The molecular formula is C16H19N5O2S. The number of hydrogen-bond donors (Lipinski definition) is 0. The first-order chi connectivity index (χ1) is 11.5. The second kappa shape index (κ2) is 5.70. The third-order valence-corrected chi connectivity index (χ3v) is 5.16. The minimum atomic E-state index is -0.142. The lowest BCUT2D eigenvalue weighted by atomic mass is 10.2. The van der Waals surface area contributed by atoms with E-state index < -0.39 is 0 Å². The van der Waals surface area contributed by atoms with Gasteiger partial charge in [0.2, 0.25) is 5.89 Å². The van der Waals surface area contributed by atoms with Gasteiger partial charge in [-0.1, -0.05) is 19.0 Å². The summed E-state index contributed by atoms with van der Waals surface area (Å²) in [7, 11) is 0. The molecule has 0 aromatic carbocycles. The maximum atomic E-state index is 13.0. The second-order valence-corrected chi connectivity index (χ2v) is 7.29. The number of thiazole rings is 1. The molecule has 3 aromatic heterocycles. The summed E-state index contributed by atoms with van der Waals surface area (Å²) in [4.78, 5) is 24.6. The molecule has 1 amide bonds. The molecule has 4 heterocycles. The smallest absolute Gasteiger partial charge is 0.272 e. The van der Waals surface area contributed by atoms with Crippen molar-refractivity contribution in [3.63, 3.8) is 0 Å². The third-order valence-electron chi connectivity index (χ3n) is 4.32. The van der Waals surface area contributed by atoms with Crippen molar-refractivity contribution in [3.05, 3.63) is 34.7 Å². The Morgan fingerprint density at radius 2 is 2.25 bits per heavy atom. The molecule has 7 nitrogen and oxygen atoms in total. The molecule has 0 N–H and O–H groups in total. The summed E-state index contributed by atoms with van der Waals surface area (Å²) in [5.41, 5.74) is 1.55. The lowest BCUT2D eigenvalue weighted by Gasteiger charge is -2.21. The summed E-state index contributed by atoms with van der Waals surface area (Å²) in [5, 5.41) is 5.90. The average molecular weight is 345 g/mol. The largest absolute Gasteiger partial charge is 0.337 e. The highest BCUT2D eigenvalue weighted by Gasteiger charge is 2.35. The normalized spacial score (nSPS) is 18.2. The molecule has 0 spiro atoms. The average Bonchev–Trinajstić information content (AvgIpc) is 3.28. The second-order valence-electron chi connectivity index (χ2n) is 6.46. The number of carbonyl (C=O) groups excluding carboxylic acids is 1. The summed E-state index contributed by atoms with van der Waals surface area (Å²) >= 11 is 1.48. The SMILES string of the molecule is Cc1cn2c(C(=O)N3CCC[C@H]3c3nc(C(C)C)no3)csc2n1. The molecule has 0 aliphatic carbocycles. The van der Waals surface area contributed by atoms with Crippen molar-refractivity contribution in [3.8, 4) is 0 Å². The van der Waals surface area contributed by atoms with Gasteiger partial charge >= 0.3 is 0 Å². The van der Waals surface area contributed by atoms with Crippen molar-refractivity contribution in [2.45, 2.75) is 45.6 Å². The van der Waals surface area contributed by atoms with Crippen molar-refractivity contribution in [1.82, 2.24) is 24.4 Å². The number of fused-ring (bicyclic) bond motifs is 1. The third kappa shape index (κ3) is 2.41. The van der Waals surface area contributed by atoms with Gasteiger partial charge in [-0.15, -0.1) is 11.3 Å². The van der Waals surface area contributed by atoms with Crippen LogP contribution in [0.2, 0.25) is 0 Å². The topological polar surface area (TPSA) is 76.5 Å². The number of hydrogen-bond acceptors (Lipinski definition) is 6. The van der Waals surface area contributed by atoms with Crippen molar-refractivity contribution < 1.29 is 9.32 Å². The van der Waals surface area contributed by atoms with Crippen molar-refractivity contribution >= 4 is 22.2 Å². The molecular weight excluding hydrogens is 326 g/mol. The van der Waals surface area contributed by atoms with Crippen molar-refractivity contribution in [1.29, 1.82) is 0 Å². The summed E-state index contributed by atoms with van der Waals surface area (Å²) in [6, 6.07) is -0.142. The van der Waals surface area contributed by atoms with Gasteiger partial charge in [0.25, 0.3) is 5.91 Å². The van der Waals surface area contributed by atoms with Crippen LogP contribution in [-0.2, 0) is 0 Å². The molecule has 1 aliphatic rings. The lowest BCUT2D eigenvalue weighted by molar-refractivity contribution is 0.0703. The van der Waals surface area contributed by atoms with Crippen LogP contribution in [-0.4, -0.2) is 36.9 Å². The van der Waals surface area contributed by atoms with E-state index in [1.54, 1.807) is 0 Å². The van der Waals surface area contributed by atoms with E-state index in [-0.39, 0.29) is 17.9 Å². The Balaban J connectivity index is 1.65. The molecule has 0 bridgehead atoms. The first kappa shape index (κ1) is 15.3. The molecule has 8 heteroatoms. The molecule has 0 saturated carbocycles. The van der Waals surface area contributed by atoms with Crippen LogP contribution in [0, 0.1) is 6.92 Å². The van der Waals surface area contributed by atoms with E-state index in [1.165, 1.54) is 11.3 Å². The molecule has 0 radical (unpaired) electrons. The molecule has 24 heavy (non-hydrogen) atoms.